The molecule has 0 amide bonds. The summed E-state index contributed by atoms with van der Waals surface area (Å²) < 4.78 is 41.5. The summed E-state index contributed by atoms with van der Waals surface area (Å²) in [6.45, 7) is 0. The van der Waals surface area contributed by atoms with Gasteiger partial charge in [0, 0.05) is 5.38 Å². The molecule has 18 heavy (non-hydrogen) atoms. The van der Waals surface area contributed by atoms with E-state index >= 15 is 0 Å². The van der Waals surface area contributed by atoms with E-state index in [1.165, 1.54) is 6.07 Å². The minimum atomic E-state index is -4.38. The van der Waals surface area contributed by atoms with Gasteiger partial charge in [-0.3, -0.25) is 5.84 Å². The lowest BCUT2D eigenvalue weighted by atomic mass is 10.0. The number of aromatic nitrogens is 2. The first-order chi connectivity index (χ1) is 8.52. The van der Waals surface area contributed by atoms with Crippen molar-refractivity contribution >= 4 is 11.5 Å². The van der Waals surface area contributed by atoms with Gasteiger partial charge in [0.25, 0.3) is 0 Å². The molecule has 8 heteroatoms. The average molecular weight is 274 g/mol. The van der Waals surface area contributed by atoms with E-state index in [0.29, 0.717) is 11.3 Å². The minimum Gasteiger partial charge on any atom is -0.271 e. The van der Waals surface area contributed by atoms with Gasteiger partial charge >= 0.3 is 6.18 Å². The first kappa shape index (κ1) is 12.9. The first-order valence-corrected chi connectivity index (χ1v) is 5.76. The van der Waals surface area contributed by atoms with Crippen molar-refractivity contribution in [2.24, 2.45) is 5.84 Å². The van der Waals surface area contributed by atoms with E-state index in [4.69, 9.17) is 5.84 Å². The number of hydrogen-bond acceptors (Lipinski definition) is 5. The number of hydrogen-bond donors (Lipinski definition) is 2. The third-order valence-electron chi connectivity index (χ3n) is 2.39. The summed E-state index contributed by atoms with van der Waals surface area (Å²) in [4.78, 5) is 0. The zero-order valence-corrected chi connectivity index (χ0v) is 9.79. The van der Waals surface area contributed by atoms with Crippen LogP contribution in [0.2, 0.25) is 0 Å². The van der Waals surface area contributed by atoms with E-state index in [-0.39, 0.29) is 0 Å². The Morgan fingerprint density at radius 1 is 1.33 bits per heavy atom. The Morgan fingerprint density at radius 3 is 2.67 bits per heavy atom. The highest BCUT2D eigenvalue weighted by molar-refractivity contribution is 7.03. The van der Waals surface area contributed by atoms with Gasteiger partial charge in [-0.25, -0.2) is 5.43 Å². The molecule has 0 aliphatic rings. The van der Waals surface area contributed by atoms with E-state index in [1.54, 1.807) is 11.4 Å². The van der Waals surface area contributed by atoms with E-state index in [9.17, 15) is 13.2 Å². The van der Waals surface area contributed by atoms with E-state index < -0.39 is 17.8 Å². The zero-order valence-electron chi connectivity index (χ0n) is 8.98. The molecule has 96 valence electrons. The monoisotopic (exact) mass is 274 g/mol. The number of benzene rings is 1. The quantitative estimate of drug-likeness (QED) is 0.664. The smallest absolute Gasteiger partial charge is 0.271 e. The van der Waals surface area contributed by atoms with E-state index in [0.717, 1.165) is 23.7 Å². The minimum absolute atomic E-state index is 0.389. The highest BCUT2D eigenvalue weighted by Gasteiger charge is 2.31. The molecular weight excluding hydrogens is 265 g/mol. The zero-order chi connectivity index (χ0) is 13.2. The second kappa shape index (κ2) is 5.01. The van der Waals surface area contributed by atoms with Crippen LogP contribution in [0.1, 0.15) is 22.9 Å². The fourth-order valence-corrected chi connectivity index (χ4v) is 2.02. The first-order valence-electron chi connectivity index (χ1n) is 4.92. The van der Waals surface area contributed by atoms with Gasteiger partial charge < -0.3 is 0 Å². The number of nitrogens with one attached hydrogen (secondary N) is 1. The second-order valence-electron chi connectivity index (χ2n) is 3.55. The Morgan fingerprint density at radius 2 is 2.11 bits per heavy atom. The lowest BCUT2D eigenvalue weighted by Gasteiger charge is -2.15. The lowest BCUT2D eigenvalue weighted by molar-refractivity contribution is -0.137. The van der Waals surface area contributed by atoms with Crippen molar-refractivity contribution < 1.29 is 13.2 Å². The van der Waals surface area contributed by atoms with Crippen molar-refractivity contribution in [3.63, 3.8) is 0 Å². The topological polar surface area (TPSA) is 63.8 Å². The molecule has 0 fully saturated rings. The molecule has 0 radical (unpaired) electrons. The fourth-order valence-electron chi connectivity index (χ4n) is 1.54. The number of hydrazine groups is 1. The van der Waals surface area contributed by atoms with Gasteiger partial charge in [0.2, 0.25) is 0 Å². The van der Waals surface area contributed by atoms with Crippen LogP contribution in [0.4, 0.5) is 13.2 Å². The Bertz CT molecular complexity index is 512. The molecule has 2 rings (SSSR count). The van der Waals surface area contributed by atoms with Crippen molar-refractivity contribution in [1.29, 1.82) is 0 Å². The lowest BCUT2D eigenvalue weighted by Crippen LogP contribution is -2.29. The highest BCUT2D eigenvalue weighted by atomic mass is 32.1. The van der Waals surface area contributed by atoms with Gasteiger partial charge in [-0.2, -0.15) is 13.2 Å². The van der Waals surface area contributed by atoms with Crippen LogP contribution in [-0.2, 0) is 6.18 Å². The van der Waals surface area contributed by atoms with Crippen LogP contribution in [0.5, 0.6) is 0 Å². The number of nitrogens with zero attached hydrogens (tertiary/aromatic N) is 2. The Hall–Kier alpha value is -1.51. The molecule has 1 atom stereocenters. The molecule has 1 aromatic carbocycles. The normalized spacial score (nSPS) is 13.6. The summed E-state index contributed by atoms with van der Waals surface area (Å²) in [7, 11) is 0. The van der Waals surface area contributed by atoms with Crippen molar-refractivity contribution in [1.82, 2.24) is 15.0 Å². The molecule has 0 aliphatic heterocycles. The Balaban J connectivity index is 2.38. The number of alkyl halides is 3. The molecular formula is C10H9F3N4S. The largest absolute Gasteiger partial charge is 0.416 e. The van der Waals surface area contributed by atoms with Crippen molar-refractivity contribution in [2.75, 3.05) is 0 Å². The van der Waals surface area contributed by atoms with E-state index in [2.05, 4.69) is 15.0 Å². The SMILES string of the molecule is NNC(c1cccc(C(F)(F)F)c1)c1csnn1. The predicted octanol–water partition coefficient (Wildman–Crippen LogP) is 2.11. The maximum Gasteiger partial charge on any atom is 0.416 e. The Labute approximate surface area is 105 Å². The summed E-state index contributed by atoms with van der Waals surface area (Å²) in [6.07, 6.45) is -4.38. The van der Waals surface area contributed by atoms with Crippen LogP contribution >= 0.6 is 11.5 Å². The predicted molar refractivity (Wildman–Crippen MR) is 60.5 cm³/mol. The molecule has 1 unspecified atom stereocenters. The fraction of sp³-hybridized carbons (Fsp3) is 0.200. The molecule has 2 aromatic rings. The van der Waals surface area contributed by atoms with Crippen molar-refractivity contribution in [2.45, 2.75) is 12.2 Å². The molecule has 0 aliphatic carbocycles. The molecule has 0 saturated carbocycles. The summed E-state index contributed by atoms with van der Waals surface area (Å²) in [5.74, 6) is 5.36. The summed E-state index contributed by atoms with van der Waals surface area (Å²) in [5.41, 5.74) is 2.59. The van der Waals surface area contributed by atoms with Crippen molar-refractivity contribution in [3.05, 3.63) is 46.5 Å². The van der Waals surface area contributed by atoms with Gasteiger partial charge in [-0.1, -0.05) is 16.6 Å². The molecule has 0 saturated heterocycles. The van der Waals surface area contributed by atoms with Crippen molar-refractivity contribution in [3.8, 4) is 0 Å². The molecule has 1 aromatic heterocycles. The van der Waals surface area contributed by atoms with Gasteiger partial charge in [-0.15, -0.1) is 5.10 Å². The van der Waals surface area contributed by atoms with Crippen LogP contribution in [0, 0.1) is 0 Å². The summed E-state index contributed by atoms with van der Waals surface area (Å²) >= 11 is 1.11. The standard InChI is InChI=1S/C10H9F3N4S/c11-10(12,13)7-3-1-2-6(4-7)9(15-14)8-5-18-17-16-8/h1-5,9,15H,14H2. The summed E-state index contributed by atoms with van der Waals surface area (Å²) in [6, 6.07) is 4.34. The van der Waals surface area contributed by atoms with Gasteiger partial charge in [0.1, 0.15) is 0 Å². The Kier molecular flexibility index (Phi) is 3.60. The maximum absolute atomic E-state index is 12.6. The van der Waals surface area contributed by atoms with Crippen LogP contribution in [-0.4, -0.2) is 9.59 Å². The molecule has 0 bridgehead atoms. The van der Waals surface area contributed by atoms with Gasteiger partial charge in [-0.05, 0) is 29.2 Å². The third-order valence-corrected chi connectivity index (χ3v) is 2.91. The molecule has 0 spiro atoms. The van der Waals surface area contributed by atoms with Gasteiger partial charge in [0.15, 0.2) is 0 Å². The number of nitrogens with two attached hydrogens (primary N) is 1. The second-order valence-corrected chi connectivity index (χ2v) is 4.16. The van der Waals surface area contributed by atoms with Crippen LogP contribution < -0.4 is 11.3 Å². The number of rotatable bonds is 3. The average Bonchev–Trinajstić information content (AvgIpc) is 2.83. The number of halogens is 3. The van der Waals surface area contributed by atoms with Crippen LogP contribution in [0.3, 0.4) is 0 Å². The third kappa shape index (κ3) is 2.66. The maximum atomic E-state index is 12.6. The van der Waals surface area contributed by atoms with E-state index in [1.807, 2.05) is 0 Å². The van der Waals surface area contributed by atoms with Gasteiger partial charge in [0.05, 0.1) is 17.3 Å². The van der Waals surface area contributed by atoms with Crippen LogP contribution in [0.15, 0.2) is 29.6 Å². The molecule has 3 N–H and O–H groups in total. The highest BCUT2D eigenvalue weighted by Crippen LogP contribution is 2.31. The molecule has 4 nitrogen and oxygen atoms in total. The summed E-state index contributed by atoms with van der Waals surface area (Å²) in [5, 5.41) is 5.43. The van der Waals surface area contributed by atoms with Crippen LogP contribution in [0.25, 0.3) is 0 Å². The molecule has 1 heterocycles.